The van der Waals surface area contributed by atoms with E-state index in [2.05, 4.69) is 17.1 Å². The summed E-state index contributed by atoms with van der Waals surface area (Å²) in [5.41, 5.74) is 0. The number of aliphatic carboxylic acids is 1. The predicted molar refractivity (Wildman–Crippen MR) is 76.4 cm³/mol. The molecular weight excluding hydrogens is 256 g/mol. The molecule has 5 nitrogen and oxygen atoms in total. The van der Waals surface area contributed by atoms with Gasteiger partial charge in [0, 0.05) is 32.0 Å². The number of hydrogen-bond donors (Lipinski definition) is 2. The first-order valence-corrected chi connectivity index (χ1v) is 7.82. The second kappa shape index (κ2) is 7.07. The Kier molecular flexibility index (Phi) is 5.40. The second-order valence-corrected chi connectivity index (χ2v) is 6.15. The molecule has 5 heteroatoms. The number of carbonyl (C=O) groups is 2. The van der Waals surface area contributed by atoms with Crippen molar-refractivity contribution in [3.05, 3.63) is 0 Å². The molecule has 4 atom stereocenters. The molecule has 0 aliphatic carbocycles. The predicted octanol–water partition coefficient (Wildman–Crippen LogP) is 1.48. The van der Waals surface area contributed by atoms with Crippen molar-refractivity contribution in [3.8, 4) is 0 Å². The molecule has 2 N–H and O–H groups in total. The number of hydrogen-bond acceptors (Lipinski definition) is 3. The van der Waals surface area contributed by atoms with Crippen molar-refractivity contribution in [1.29, 1.82) is 0 Å². The minimum absolute atomic E-state index is 0.0130. The molecule has 0 radical (unpaired) electrons. The van der Waals surface area contributed by atoms with Crippen LogP contribution in [-0.4, -0.2) is 47.6 Å². The maximum atomic E-state index is 11.7. The molecule has 3 aliphatic heterocycles. The van der Waals surface area contributed by atoms with Gasteiger partial charge >= 0.3 is 5.97 Å². The Hall–Kier alpha value is -1.10. The number of carboxylic acids is 1. The third-order valence-corrected chi connectivity index (χ3v) is 4.87. The smallest absolute Gasteiger partial charge is 0.303 e. The van der Waals surface area contributed by atoms with Crippen molar-refractivity contribution >= 4 is 11.9 Å². The van der Waals surface area contributed by atoms with Crippen LogP contribution in [-0.2, 0) is 9.59 Å². The lowest BCUT2D eigenvalue weighted by Crippen LogP contribution is -2.56. The number of nitrogens with zero attached hydrogens (tertiary/aromatic N) is 1. The second-order valence-electron chi connectivity index (χ2n) is 6.15. The summed E-state index contributed by atoms with van der Waals surface area (Å²) in [6.45, 7) is 5.34. The molecule has 1 amide bonds. The van der Waals surface area contributed by atoms with Crippen LogP contribution < -0.4 is 5.32 Å². The third kappa shape index (κ3) is 3.95. The minimum atomic E-state index is -0.834. The van der Waals surface area contributed by atoms with E-state index >= 15 is 0 Å². The van der Waals surface area contributed by atoms with Crippen LogP contribution in [0.25, 0.3) is 0 Å². The number of piperidine rings is 3. The van der Waals surface area contributed by atoms with E-state index in [9.17, 15) is 9.59 Å². The number of carboxylic acid groups (broad SMARTS) is 1. The Bertz CT molecular complexity index is 359. The van der Waals surface area contributed by atoms with E-state index in [1.807, 2.05) is 0 Å². The fourth-order valence-corrected chi connectivity index (χ4v) is 3.64. The fraction of sp³-hybridized carbons (Fsp3) is 0.867. The average Bonchev–Trinajstić information content (AvgIpc) is 2.45. The number of rotatable bonds is 7. The van der Waals surface area contributed by atoms with Crippen LogP contribution in [0, 0.1) is 11.8 Å². The molecule has 20 heavy (non-hydrogen) atoms. The number of fused-ring (bicyclic) bond motifs is 3. The fourth-order valence-electron chi connectivity index (χ4n) is 3.64. The largest absolute Gasteiger partial charge is 0.481 e. The first kappa shape index (κ1) is 15.3. The van der Waals surface area contributed by atoms with E-state index in [0.717, 1.165) is 18.4 Å². The summed E-state index contributed by atoms with van der Waals surface area (Å²) in [5, 5.41) is 11.5. The lowest BCUT2D eigenvalue weighted by molar-refractivity contribution is -0.137. The summed E-state index contributed by atoms with van der Waals surface area (Å²) in [5.74, 6) is 0.824. The summed E-state index contributed by atoms with van der Waals surface area (Å²) in [6.07, 6.45) is 4.59. The Morgan fingerprint density at radius 1 is 1.35 bits per heavy atom. The number of amides is 1. The zero-order valence-electron chi connectivity index (χ0n) is 12.3. The maximum absolute atomic E-state index is 11.7. The van der Waals surface area contributed by atoms with E-state index < -0.39 is 5.97 Å². The topological polar surface area (TPSA) is 69.6 Å². The lowest BCUT2D eigenvalue weighted by atomic mass is 9.74. The number of nitrogens with one attached hydrogen (secondary N) is 1. The average molecular weight is 282 g/mol. The van der Waals surface area contributed by atoms with E-state index in [-0.39, 0.29) is 12.3 Å². The van der Waals surface area contributed by atoms with Gasteiger partial charge in [-0.1, -0.05) is 13.3 Å². The van der Waals surface area contributed by atoms with Crippen LogP contribution in [0.3, 0.4) is 0 Å². The van der Waals surface area contributed by atoms with Crippen molar-refractivity contribution in [1.82, 2.24) is 10.2 Å². The molecule has 3 saturated heterocycles. The van der Waals surface area contributed by atoms with Gasteiger partial charge in [-0.05, 0) is 37.6 Å². The number of carbonyl (C=O) groups excluding carboxylic acids is 1. The molecule has 3 fully saturated rings. The van der Waals surface area contributed by atoms with Gasteiger partial charge in [0.05, 0.1) is 0 Å². The summed E-state index contributed by atoms with van der Waals surface area (Å²) in [7, 11) is 0. The Morgan fingerprint density at radius 2 is 2.15 bits per heavy atom. The SMILES string of the molecule is CCC1CN2CCC1CC2CNC(=O)CCCC(=O)O. The van der Waals surface area contributed by atoms with Crippen molar-refractivity contribution in [3.63, 3.8) is 0 Å². The highest BCUT2D eigenvalue weighted by molar-refractivity contribution is 5.76. The molecule has 0 aromatic carbocycles. The van der Waals surface area contributed by atoms with Gasteiger partial charge in [-0.2, -0.15) is 0 Å². The van der Waals surface area contributed by atoms with Crippen LogP contribution in [0.15, 0.2) is 0 Å². The van der Waals surface area contributed by atoms with Gasteiger partial charge in [-0.15, -0.1) is 0 Å². The highest BCUT2D eigenvalue weighted by Gasteiger charge is 2.38. The Morgan fingerprint density at radius 3 is 2.75 bits per heavy atom. The van der Waals surface area contributed by atoms with Crippen LogP contribution in [0.4, 0.5) is 0 Å². The Labute approximate surface area is 120 Å². The zero-order valence-corrected chi connectivity index (χ0v) is 12.3. The molecule has 4 unspecified atom stereocenters. The molecule has 0 aromatic heterocycles. The van der Waals surface area contributed by atoms with Crippen LogP contribution in [0.2, 0.25) is 0 Å². The van der Waals surface area contributed by atoms with E-state index in [1.54, 1.807) is 0 Å². The maximum Gasteiger partial charge on any atom is 0.303 e. The minimum Gasteiger partial charge on any atom is -0.481 e. The first-order chi connectivity index (χ1) is 9.60. The normalized spacial score (nSPS) is 32.0. The summed E-state index contributed by atoms with van der Waals surface area (Å²) >= 11 is 0. The van der Waals surface area contributed by atoms with E-state index in [1.165, 1.54) is 32.4 Å². The van der Waals surface area contributed by atoms with Gasteiger partial charge in [-0.3, -0.25) is 14.5 Å². The molecule has 0 saturated carbocycles. The molecule has 3 heterocycles. The van der Waals surface area contributed by atoms with Crippen LogP contribution >= 0.6 is 0 Å². The van der Waals surface area contributed by atoms with Crippen molar-refractivity contribution in [2.75, 3.05) is 19.6 Å². The summed E-state index contributed by atoms with van der Waals surface area (Å²) < 4.78 is 0. The summed E-state index contributed by atoms with van der Waals surface area (Å²) in [6, 6.07) is 0.486. The Balaban J connectivity index is 1.67. The quantitative estimate of drug-likeness (QED) is 0.742. The standard InChI is InChI=1S/C15H26N2O3/c1-2-11-10-17-7-6-12(11)8-13(17)9-16-14(18)4-3-5-15(19)20/h11-13H,2-10H2,1H3,(H,16,18)(H,19,20). The van der Waals surface area contributed by atoms with Crippen molar-refractivity contribution < 1.29 is 14.7 Å². The molecule has 3 aliphatic rings. The lowest BCUT2D eigenvalue weighted by Gasteiger charge is -2.50. The summed E-state index contributed by atoms with van der Waals surface area (Å²) in [4.78, 5) is 24.6. The third-order valence-electron chi connectivity index (χ3n) is 4.87. The molecule has 0 aromatic rings. The molecular formula is C15H26N2O3. The van der Waals surface area contributed by atoms with Gasteiger partial charge in [0.25, 0.3) is 0 Å². The monoisotopic (exact) mass is 282 g/mol. The van der Waals surface area contributed by atoms with Crippen LogP contribution in [0.1, 0.15) is 45.4 Å². The highest BCUT2D eigenvalue weighted by atomic mass is 16.4. The van der Waals surface area contributed by atoms with Crippen molar-refractivity contribution in [2.24, 2.45) is 11.8 Å². The highest BCUT2D eigenvalue weighted by Crippen LogP contribution is 2.37. The van der Waals surface area contributed by atoms with Gasteiger partial charge < -0.3 is 10.4 Å². The molecule has 114 valence electrons. The van der Waals surface area contributed by atoms with E-state index in [4.69, 9.17) is 5.11 Å². The van der Waals surface area contributed by atoms with Crippen molar-refractivity contribution in [2.45, 2.75) is 51.5 Å². The zero-order chi connectivity index (χ0) is 14.5. The van der Waals surface area contributed by atoms with Gasteiger partial charge in [0.2, 0.25) is 5.91 Å². The first-order valence-electron chi connectivity index (χ1n) is 7.82. The van der Waals surface area contributed by atoms with Gasteiger partial charge in [-0.25, -0.2) is 0 Å². The van der Waals surface area contributed by atoms with E-state index in [0.29, 0.717) is 18.9 Å². The van der Waals surface area contributed by atoms with Gasteiger partial charge in [0.1, 0.15) is 0 Å². The van der Waals surface area contributed by atoms with Gasteiger partial charge in [0.15, 0.2) is 0 Å². The molecule has 3 rings (SSSR count). The van der Waals surface area contributed by atoms with Crippen LogP contribution in [0.5, 0.6) is 0 Å². The molecule has 0 spiro atoms. The molecule has 2 bridgehead atoms.